The Hall–Kier alpha value is -2.45. The number of benzene rings is 1. The third-order valence-corrected chi connectivity index (χ3v) is 4.98. The van der Waals surface area contributed by atoms with Gasteiger partial charge in [0.15, 0.2) is 5.78 Å². The molecule has 0 bridgehead atoms. The highest BCUT2D eigenvalue weighted by atomic mass is 32.1. The molecule has 110 valence electrons. The van der Waals surface area contributed by atoms with Crippen molar-refractivity contribution in [3.05, 3.63) is 51.4 Å². The predicted molar refractivity (Wildman–Crippen MR) is 85.5 cm³/mol. The second-order valence-electron chi connectivity index (χ2n) is 5.26. The highest BCUT2D eigenvalue weighted by Gasteiger charge is 2.25. The summed E-state index contributed by atoms with van der Waals surface area (Å²) in [5, 5.41) is 12.3. The molecule has 0 aliphatic heterocycles. The van der Waals surface area contributed by atoms with E-state index < -0.39 is 0 Å². The number of nitrogens with zero attached hydrogens (tertiary/aromatic N) is 1. The molecule has 1 aromatic carbocycles. The number of rotatable bonds is 3. The molecule has 0 spiro atoms. The number of hydrogen-bond acceptors (Lipinski definition) is 4. The number of ketones is 1. The number of Topliss-reactive ketones (excluding diaryl/α,β-unsaturated/α-hetero) is 1. The van der Waals surface area contributed by atoms with Gasteiger partial charge in [-0.1, -0.05) is 0 Å². The summed E-state index contributed by atoms with van der Waals surface area (Å²) in [6, 6.07) is 8.46. The van der Waals surface area contributed by atoms with Gasteiger partial charge in [-0.2, -0.15) is 5.26 Å². The summed E-state index contributed by atoms with van der Waals surface area (Å²) in [6.45, 7) is 1.54. The molecule has 3 rings (SSSR count). The van der Waals surface area contributed by atoms with E-state index in [2.05, 4.69) is 5.32 Å². The third kappa shape index (κ3) is 2.53. The van der Waals surface area contributed by atoms with Crippen LogP contribution in [-0.4, -0.2) is 11.7 Å². The van der Waals surface area contributed by atoms with Crippen molar-refractivity contribution in [2.45, 2.75) is 26.2 Å². The maximum atomic E-state index is 12.3. The number of anilines is 1. The third-order valence-electron chi connectivity index (χ3n) is 3.78. The Morgan fingerprint density at radius 1 is 1.23 bits per heavy atom. The van der Waals surface area contributed by atoms with E-state index in [1.165, 1.54) is 23.1 Å². The SMILES string of the molecule is CC(=O)c1c(NC(=O)c2ccc(C#N)cc2)sc2c1CCC2. The first kappa shape index (κ1) is 14.5. The fourth-order valence-electron chi connectivity index (χ4n) is 2.74. The summed E-state index contributed by atoms with van der Waals surface area (Å²) in [5.74, 6) is -0.263. The van der Waals surface area contributed by atoms with Gasteiger partial charge < -0.3 is 5.32 Å². The van der Waals surface area contributed by atoms with E-state index in [0.717, 1.165) is 24.8 Å². The van der Waals surface area contributed by atoms with Gasteiger partial charge in [0, 0.05) is 10.4 Å². The number of nitrogens with one attached hydrogen (secondary N) is 1. The Morgan fingerprint density at radius 2 is 1.95 bits per heavy atom. The average Bonchev–Trinajstić information content (AvgIpc) is 3.07. The van der Waals surface area contributed by atoms with Crippen LogP contribution in [0.1, 0.15) is 50.1 Å². The molecular formula is C17H14N2O2S. The molecule has 0 unspecified atom stereocenters. The zero-order valence-corrected chi connectivity index (χ0v) is 12.9. The highest BCUT2D eigenvalue weighted by molar-refractivity contribution is 7.17. The fourth-order valence-corrected chi connectivity index (χ4v) is 4.07. The molecule has 1 aliphatic rings. The first-order chi connectivity index (χ1) is 10.6. The fraction of sp³-hybridized carbons (Fsp3) is 0.235. The second kappa shape index (κ2) is 5.74. The van der Waals surface area contributed by atoms with Crippen molar-refractivity contribution < 1.29 is 9.59 Å². The van der Waals surface area contributed by atoms with Crippen LogP contribution in [-0.2, 0) is 12.8 Å². The monoisotopic (exact) mass is 310 g/mol. The minimum absolute atomic E-state index is 0.00507. The number of aryl methyl sites for hydroxylation is 1. The lowest BCUT2D eigenvalue weighted by molar-refractivity contribution is 0.101. The first-order valence-electron chi connectivity index (χ1n) is 7.07. The van der Waals surface area contributed by atoms with E-state index >= 15 is 0 Å². The summed E-state index contributed by atoms with van der Waals surface area (Å²) in [7, 11) is 0. The lowest BCUT2D eigenvalue weighted by Crippen LogP contribution is -2.13. The van der Waals surface area contributed by atoms with Crippen LogP contribution in [0.5, 0.6) is 0 Å². The maximum absolute atomic E-state index is 12.3. The van der Waals surface area contributed by atoms with Gasteiger partial charge in [-0.15, -0.1) is 11.3 Å². The van der Waals surface area contributed by atoms with Gasteiger partial charge in [-0.25, -0.2) is 0 Å². The van der Waals surface area contributed by atoms with Gasteiger partial charge in [0.1, 0.15) is 5.00 Å². The molecule has 22 heavy (non-hydrogen) atoms. The van der Waals surface area contributed by atoms with Gasteiger partial charge in [-0.3, -0.25) is 9.59 Å². The molecule has 5 heteroatoms. The van der Waals surface area contributed by atoms with Crippen LogP contribution in [0.15, 0.2) is 24.3 Å². The first-order valence-corrected chi connectivity index (χ1v) is 7.89. The van der Waals surface area contributed by atoms with E-state index in [9.17, 15) is 9.59 Å². The number of carbonyl (C=O) groups excluding carboxylic acids is 2. The molecule has 1 N–H and O–H groups in total. The van der Waals surface area contributed by atoms with Gasteiger partial charge in [-0.05, 0) is 56.0 Å². The van der Waals surface area contributed by atoms with Crippen LogP contribution < -0.4 is 5.32 Å². The standard InChI is InChI=1S/C17H14N2O2S/c1-10(20)15-13-3-2-4-14(13)22-17(15)19-16(21)12-7-5-11(9-18)6-8-12/h5-8H,2-4H2,1H3,(H,19,21). The molecule has 1 aliphatic carbocycles. The molecule has 0 atom stereocenters. The van der Waals surface area contributed by atoms with Crippen LogP contribution in [0, 0.1) is 11.3 Å². The zero-order valence-electron chi connectivity index (χ0n) is 12.1. The van der Waals surface area contributed by atoms with Crippen LogP contribution in [0.3, 0.4) is 0 Å². The summed E-state index contributed by atoms with van der Waals surface area (Å²) >= 11 is 1.50. The van der Waals surface area contributed by atoms with Crippen LogP contribution in [0.2, 0.25) is 0 Å². The molecule has 0 saturated carbocycles. The number of carbonyl (C=O) groups is 2. The number of nitriles is 1. The van der Waals surface area contributed by atoms with Crippen molar-refractivity contribution in [3.63, 3.8) is 0 Å². The summed E-state index contributed by atoms with van der Waals surface area (Å²) in [5.41, 5.74) is 2.75. The van der Waals surface area contributed by atoms with Gasteiger partial charge >= 0.3 is 0 Å². The molecule has 1 aromatic heterocycles. The lowest BCUT2D eigenvalue weighted by atomic mass is 10.1. The Kier molecular flexibility index (Phi) is 3.78. The second-order valence-corrected chi connectivity index (χ2v) is 6.37. The van der Waals surface area contributed by atoms with Crippen molar-refractivity contribution in [2.75, 3.05) is 5.32 Å². The average molecular weight is 310 g/mol. The minimum atomic E-state index is -0.257. The number of fused-ring (bicyclic) bond motifs is 1. The van der Waals surface area contributed by atoms with Crippen molar-refractivity contribution in [2.24, 2.45) is 0 Å². The number of thiophene rings is 1. The molecule has 0 radical (unpaired) electrons. The number of amides is 1. The van der Waals surface area contributed by atoms with Crippen molar-refractivity contribution >= 4 is 28.0 Å². The van der Waals surface area contributed by atoms with Gasteiger partial charge in [0.05, 0.1) is 17.2 Å². The molecule has 0 fully saturated rings. The van der Waals surface area contributed by atoms with E-state index in [-0.39, 0.29) is 11.7 Å². The minimum Gasteiger partial charge on any atom is -0.313 e. The normalized spacial score (nSPS) is 12.5. The topological polar surface area (TPSA) is 70.0 Å². The van der Waals surface area contributed by atoms with Crippen molar-refractivity contribution in [3.8, 4) is 6.07 Å². The van der Waals surface area contributed by atoms with Crippen molar-refractivity contribution in [1.29, 1.82) is 5.26 Å². The van der Waals surface area contributed by atoms with E-state index in [0.29, 0.717) is 21.7 Å². The maximum Gasteiger partial charge on any atom is 0.256 e. The Morgan fingerprint density at radius 3 is 2.59 bits per heavy atom. The van der Waals surface area contributed by atoms with Crippen LogP contribution >= 0.6 is 11.3 Å². The molecule has 1 amide bonds. The Bertz CT molecular complexity index is 797. The van der Waals surface area contributed by atoms with Crippen LogP contribution in [0.25, 0.3) is 0 Å². The molecular weight excluding hydrogens is 296 g/mol. The molecule has 1 heterocycles. The summed E-state index contributed by atoms with van der Waals surface area (Å²) in [4.78, 5) is 25.4. The van der Waals surface area contributed by atoms with Gasteiger partial charge in [0.2, 0.25) is 0 Å². The molecule has 0 saturated heterocycles. The van der Waals surface area contributed by atoms with Gasteiger partial charge in [0.25, 0.3) is 5.91 Å². The largest absolute Gasteiger partial charge is 0.313 e. The Balaban J connectivity index is 1.88. The lowest BCUT2D eigenvalue weighted by Gasteiger charge is -2.06. The quantitative estimate of drug-likeness (QED) is 0.881. The number of hydrogen-bond donors (Lipinski definition) is 1. The summed E-state index contributed by atoms with van der Waals surface area (Å²) in [6.07, 6.45) is 2.96. The highest BCUT2D eigenvalue weighted by Crippen LogP contribution is 2.39. The van der Waals surface area contributed by atoms with E-state index in [1.54, 1.807) is 24.3 Å². The van der Waals surface area contributed by atoms with Crippen LogP contribution in [0.4, 0.5) is 5.00 Å². The molecule has 2 aromatic rings. The zero-order chi connectivity index (χ0) is 15.7. The Labute approximate surface area is 132 Å². The van der Waals surface area contributed by atoms with E-state index in [4.69, 9.17) is 5.26 Å². The summed E-state index contributed by atoms with van der Waals surface area (Å²) < 4.78 is 0. The van der Waals surface area contributed by atoms with Crippen molar-refractivity contribution in [1.82, 2.24) is 0 Å². The predicted octanol–water partition coefficient (Wildman–Crippen LogP) is 3.56. The molecule has 4 nitrogen and oxygen atoms in total. The smallest absolute Gasteiger partial charge is 0.256 e. The van der Waals surface area contributed by atoms with E-state index in [1.807, 2.05) is 6.07 Å².